The fraction of sp³-hybridized carbons (Fsp3) is 0.0625. The zero-order valence-corrected chi connectivity index (χ0v) is 11.8. The van der Waals surface area contributed by atoms with Gasteiger partial charge >= 0.3 is 6.03 Å². The standard InChI is InChI=1S/C16H14F2N2O2/c1-22-14-8-3-2-5-11(14)9-10-19-16(21)20-15-12(17)6-4-7-13(15)18/h2-10H,1H3,(H2,19,20,21)/b10-9+. The van der Waals surface area contributed by atoms with Crippen LogP contribution in [0.4, 0.5) is 19.3 Å². The van der Waals surface area contributed by atoms with Crippen LogP contribution in [0.2, 0.25) is 0 Å². The van der Waals surface area contributed by atoms with Crippen molar-refractivity contribution < 1.29 is 18.3 Å². The van der Waals surface area contributed by atoms with Crippen LogP contribution in [0.5, 0.6) is 5.75 Å². The first-order valence-electron chi connectivity index (χ1n) is 6.43. The van der Waals surface area contributed by atoms with Gasteiger partial charge in [-0.15, -0.1) is 0 Å². The average molecular weight is 304 g/mol. The number of hydrogen-bond donors (Lipinski definition) is 2. The van der Waals surface area contributed by atoms with Gasteiger partial charge in [0.1, 0.15) is 23.1 Å². The van der Waals surface area contributed by atoms with Crippen LogP contribution >= 0.6 is 0 Å². The van der Waals surface area contributed by atoms with Crippen molar-refractivity contribution >= 4 is 17.8 Å². The molecule has 0 radical (unpaired) electrons. The SMILES string of the molecule is COc1ccccc1/C=C/NC(=O)Nc1c(F)cccc1F. The lowest BCUT2D eigenvalue weighted by molar-refractivity contribution is 0.255. The number of ether oxygens (including phenoxy) is 1. The minimum atomic E-state index is -0.844. The lowest BCUT2D eigenvalue weighted by Gasteiger charge is -2.07. The molecule has 0 bridgehead atoms. The van der Waals surface area contributed by atoms with E-state index in [9.17, 15) is 13.6 Å². The summed E-state index contributed by atoms with van der Waals surface area (Å²) in [4.78, 5) is 11.6. The number of carbonyl (C=O) groups excluding carboxylic acids is 1. The highest BCUT2D eigenvalue weighted by molar-refractivity contribution is 5.90. The van der Waals surface area contributed by atoms with Crippen molar-refractivity contribution in [1.82, 2.24) is 5.32 Å². The van der Waals surface area contributed by atoms with Gasteiger partial charge in [0.05, 0.1) is 7.11 Å². The van der Waals surface area contributed by atoms with Crippen molar-refractivity contribution in [2.45, 2.75) is 0 Å². The first-order chi connectivity index (χ1) is 10.6. The third-order valence-electron chi connectivity index (χ3n) is 2.82. The van der Waals surface area contributed by atoms with E-state index in [1.54, 1.807) is 18.2 Å². The molecular weight excluding hydrogens is 290 g/mol. The third-order valence-corrected chi connectivity index (χ3v) is 2.82. The summed E-state index contributed by atoms with van der Waals surface area (Å²) in [6, 6.07) is 9.78. The largest absolute Gasteiger partial charge is 0.496 e. The van der Waals surface area contributed by atoms with E-state index in [2.05, 4.69) is 10.6 Å². The molecule has 2 amide bonds. The monoisotopic (exact) mass is 304 g/mol. The zero-order chi connectivity index (χ0) is 15.9. The molecule has 114 valence electrons. The molecular formula is C16H14F2N2O2. The van der Waals surface area contributed by atoms with Gasteiger partial charge in [-0.05, 0) is 24.3 Å². The summed E-state index contributed by atoms with van der Waals surface area (Å²) in [7, 11) is 1.54. The summed E-state index contributed by atoms with van der Waals surface area (Å²) in [6.07, 6.45) is 2.96. The van der Waals surface area contributed by atoms with Gasteiger partial charge in [-0.25, -0.2) is 13.6 Å². The fourth-order valence-corrected chi connectivity index (χ4v) is 1.78. The number of carbonyl (C=O) groups is 1. The van der Waals surface area contributed by atoms with E-state index in [4.69, 9.17) is 4.74 Å². The normalized spacial score (nSPS) is 10.5. The Hall–Kier alpha value is -2.89. The highest BCUT2D eigenvalue weighted by Crippen LogP contribution is 2.19. The topological polar surface area (TPSA) is 50.4 Å². The molecule has 0 unspecified atom stereocenters. The lowest BCUT2D eigenvalue weighted by Crippen LogP contribution is -2.24. The molecule has 2 rings (SSSR count). The Morgan fingerprint density at radius 3 is 2.45 bits per heavy atom. The van der Waals surface area contributed by atoms with Crippen molar-refractivity contribution in [1.29, 1.82) is 0 Å². The van der Waals surface area contributed by atoms with E-state index in [0.29, 0.717) is 5.75 Å². The minimum Gasteiger partial charge on any atom is -0.496 e. The van der Waals surface area contributed by atoms with Gasteiger partial charge in [-0.3, -0.25) is 0 Å². The molecule has 0 aliphatic heterocycles. The predicted octanol–water partition coefficient (Wildman–Crippen LogP) is 3.77. The Bertz CT molecular complexity index is 682. The van der Waals surface area contributed by atoms with E-state index < -0.39 is 23.4 Å². The predicted molar refractivity (Wildman–Crippen MR) is 80.5 cm³/mol. The van der Waals surface area contributed by atoms with Crippen LogP contribution in [-0.2, 0) is 0 Å². The number of hydrogen-bond acceptors (Lipinski definition) is 2. The Kier molecular flexibility index (Phi) is 5.08. The summed E-state index contributed by atoms with van der Waals surface area (Å²) < 4.78 is 31.9. The van der Waals surface area contributed by atoms with Gasteiger partial charge in [-0.1, -0.05) is 24.3 Å². The van der Waals surface area contributed by atoms with Crippen LogP contribution in [0.15, 0.2) is 48.7 Å². The molecule has 0 aliphatic carbocycles. The van der Waals surface area contributed by atoms with Crippen molar-refractivity contribution in [3.05, 3.63) is 65.9 Å². The number of nitrogens with one attached hydrogen (secondary N) is 2. The van der Waals surface area contributed by atoms with Gasteiger partial charge in [0, 0.05) is 11.8 Å². The van der Waals surface area contributed by atoms with Gasteiger partial charge < -0.3 is 15.4 Å². The van der Waals surface area contributed by atoms with E-state index >= 15 is 0 Å². The first kappa shape index (κ1) is 15.5. The second-order valence-electron chi connectivity index (χ2n) is 4.27. The molecule has 4 nitrogen and oxygen atoms in total. The molecule has 0 saturated carbocycles. The molecule has 0 spiro atoms. The lowest BCUT2D eigenvalue weighted by atomic mass is 10.2. The van der Waals surface area contributed by atoms with Crippen LogP contribution in [0.25, 0.3) is 6.08 Å². The van der Waals surface area contributed by atoms with Crippen LogP contribution in [0.1, 0.15) is 5.56 Å². The van der Waals surface area contributed by atoms with E-state index in [1.165, 1.54) is 19.4 Å². The molecule has 0 fully saturated rings. The summed E-state index contributed by atoms with van der Waals surface area (Å²) in [5, 5.41) is 4.48. The zero-order valence-electron chi connectivity index (χ0n) is 11.8. The highest BCUT2D eigenvalue weighted by atomic mass is 19.1. The fourth-order valence-electron chi connectivity index (χ4n) is 1.78. The summed E-state index contributed by atoms with van der Waals surface area (Å²) in [5.74, 6) is -1.05. The Morgan fingerprint density at radius 2 is 1.77 bits per heavy atom. The second kappa shape index (κ2) is 7.21. The van der Waals surface area contributed by atoms with Crippen LogP contribution in [0, 0.1) is 11.6 Å². The third kappa shape index (κ3) is 3.82. The first-order valence-corrected chi connectivity index (χ1v) is 6.43. The van der Waals surface area contributed by atoms with E-state index in [-0.39, 0.29) is 0 Å². The Balaban J connectivity index is 2.00. The number of amides is 2. The van der Waals surface area contributed by atoms with E-state index in [0.717, 1.165) is 17.7 Å². The molecule has 2 N–H and O–H groups in total. The van der Waals surface area contributed by atoms with Crippen molar-refractivity contribution in [3.8, 4) is 5.75 Å². The number of halogens is 2. The maximum atomic E-state index is 13.4. The number of methoxy groups -OCH3 is 1. The summed E-state index contributed by atoms with van der Waals surface area (Å²) >= 11 is 0. The molecule has 0 heterocycles. The van der Waals surface area contributed by atoms with Crippen molar-refractivity contribution in [3.63, 3.8) is 0 Å². The quantitative estimate of drug-likeness (QED) is 0.903. The molecule has 0 aromatic heterocycles. The number of anilines is 1. The van der Waals surface area contributed by atoms with Crippen molar-refractivity contribution in [2.24, 2.45) is 0 Å². The number of para-hydroxylation sites is 2. The molecule has 0 aliphatic rings. The van der Waals surface area contributed by atoms with Gasteiger partial charge in [0.2, 0.25) is 0 Å². The molecule has 6 heteroatoms. The molecule has 0 atom stereocenters. The van der Waals surface area contributed by atoms with Crippen LogP contribution < -0.4 is 15.4 Å². The van der Waals surface area contributed by atoms with Gasteiger partial charge in [0.25, 0.3) is 0 Å². The molecule has 2 aromatic rings. The van der Waals surface area contributed by atoms with Crippen LogP contribution in [0.3, 0.4) is 0 Å². The van der Waals surface area contributed by atoms with Crippen molar-refractivity contribution in [2.75, 3.05) is 12.4 Å². The molecule has 22 heavy (non-hydrogen) atoms. The highest BCUT2D eigenvalue weighted by Gasteiger charge is 2.10. The minimum absolute atomic E-state index is 0.495. The summed E-state index contributed by atoms with van der Waals surface area (Å²) in [5.41, 5.74) is 0.257. The Labute approximate surface area is 126 Å². The Morgan fingerprint density at radius 1 is 1.09 bits per heavy atom. The number of benzene rings is 2. The summed E-state index contributed by atoms with van der Waals surface area (Å²) in [6.45, 7) is 0. The molecule has 2 aromatic carbocycles. The van der Waals surface area contributed by atoms with Gasteiger partial charge in [-0.2, -0.15) is 0 Å². The average Bonchev–Trinajstić information content (AvgIpc) is 2.51. The van der Waals surface area contributed by atoms with E-state index in [1.807, 2.05) is 12.1 Å². The maximum Gasteiger partial charge on any atom is 0.323 e. The number of urea groups is 1. The smallest absolute Gasteiger partial charge is 0.323 e. The van der Waals surface area contributed by atoms with Gasteiger partial charge in [0.15, 0.2) is 0 Å². The number of rotatable bonds is 4. The van der Waals surface area contributed by atoms with Crippen LogP contribution in [-0.4, -0.2) is 13.1 Å². The maximum absolute atomic E-state index is 13.4. The second-order valence-corrected chi connectivity index (χ2v) is 4.27. The molecule has 0 saturated heterocycles.